The van der Waals surface area contributed by atoms with E-state index in [1.807, 2.05) is 17.9 Å². The number of sulfonamides is 1. The van der Waals surface area contributed by atoms with Gasteiger partial charge in [-0.15, -0.1) is 0 Å². The number of rotatable bonds is 3. The van der Waals surface area contributed by atoms with E-state index in [4.69, 9.17) is 0 Å². The molecule has 8 heteroatoms. The van der Waals surface area contributed by atoms with Crippen LogP contribution in [0.3, 0.4) is 0 Å². The van der Waals surface area contributed by atoms with Crippen LogP contribution in [-0.4, -0.2) is 47.3 Å². The number of nitrogens with zero attached hydrogens (tertiary/aromatic N) is 3. The highest BCUT2D eigenvalue weighted by Crippen LogP contribution is 2.30. The molecule has 0 aromatic carbocycles. The van der Waals surface area contributed by atoms with Crippen molar-refractivity contribution in [1.29, 1.82) is 0 Å². The van der Waals surface area contributed by atoms with E-state index in [1.54, 1.807) is 0 Å². The standard InChI is InChI=1S/C14H22N4O3S/c1-17-12-6-3-5-11(10(12)9-15-17)16-14(19)13-7-4-8-18(13)22(2,20)21/h9,11,13H,3-8H2,1-2H3,(H,16,19)/t11-,13+/m1/s1. The molecule has 7 nitrogen and oxygen atoms in total. The number of fused-ring (bicyclic) bond motifs is 1. The maximum Gasteiger partial charge on any atom is 0.238 e. The second-order valence-electron chi connectivity index (χ2n) is 6.16. The molecule has 0 radical (unpaired) electrons. The maximum absolute atomic E-state index is 12.5. The minimum atomic E-state index is -3.34. The topological polar surface area (TPSA) is 84.3 Å². The fourth-order valence-corrected chi connectivity index (χ4v) is 4.65. The smallest absolute Gasteiger partial charge is 0.238 e. The summed E-state index contributed by atoms with van der Waals surface area (Å²) in [5.41, 5.74) is 2.22. The molecule has 1 N–H and O–H groups in total. The van der Waals surface area contributed by atoms with E-state index in [-0.39, 0.29) is 11.9 Å². The van der Waals surface area contributed by atoms with Gasteiger partial charge in [0.25, 0.3) is 0 Å². The van der Waals surface area contributed by atoms with Crippen LogP contribution in [0.25, 0.3) is 0 Å². The average Bonchev–Trinajstić information content (AvgIpc) is 3.06. The number of aryl methyl sites for hydroxylation is 1. The zero-order valence-electron chi connectivity index (χ0n) is 12.9. The highest BCUT2D eigenvalue weighted by Gasteiger charge is 2.37. The zero-order chi connectivity index (χ0) is 15.9. The van der Waals surface area contributed by atoms with Crippen LogP contribution >= 0.6 is 0 Å². The molecule has 122 valence electrons. The molecule has 22 heavy (non-hydrogen) atoms. The number of nitrogens with one attached hydrogen (secondary N) is 1. The normalized spacial score (nSPS) is 25.9. The summed E-state index contributed by atoms with van der Waals surface area (Å²) in [5, 5.41) is 7.30. The number of carbonyl (C=O) groups excluding carboxylic acids is 1. The Morgan fingerprint density at radius 3 is 2.86 bits per heavy atom. The number of hydrogen-bond donors (Lipinski definition) is 1. The van der Waals surface area contributed by atoms with E-state index in [9.17, 15) is 13.2 Å². The number of carbonyl (C=O) groups is 1. The Hall–Kier alpha value is -1.41. The third-order valence-electron chi connectivity index (χ3n) is 4.62. The Bertz CT molecular complexity index is 682. The minimum Gasteiger partial charge on any atom is -0.348 e. The molecule has 1 amide bonds. The van der Waals surface area contributed by atoms with Gasteiger partial charge in [0.1, 0.15) is 6.04 Å². The van der Waals surface area contributed by atoms with Crippen LogP contribution in [0.1, 0.15) is 43.0 Å². The van der Waals surface area contributed by atoms with Crippen LogP contribution in [0.15, 0.2) is 6.20 Å². The molecule has 0 saturated carbocycles. The first kappa shape index (κ1) is 15.5. The molecule has 1 aromatic rings. The first-order chi connectivity index (χ1) is 10.4. The molecule has 0 unspecified atom stereocenters. The molecular formula is C14H22N4O3S. The maximum atomic E-state index is 12.5. The zero-order valence-corrected chi connectivity index (χ0v) is 13.8. The molecule has 3 rings (SSSR count). The van der Waals surface area contributed by atoms with Gasteiger partial charge in [-0.05, 0) is 32.1 Å². The van der Waals surface area contributed by atoms with E-state index in [0.29, 0.717) is 13.0 Å². The van der Waals surface area contributed by atoms with Crippen molar-refractivity contribution in [3.63, 3.8) is 0 Å². The van der Waals surface area contributed by atoms with Gasteiger partial charge in [-0.2, -0.15) is 9.40 Å². The van der Waals surface area contributed by atoms with E-state index >= 15 is 0 Å². The fraction of sp³-hybridized carbons (Fsp3) is 0.714. The van der Waals surface area contributed by atoms with E-state index in [0.717, 1.165) is 36.9 Å². The lowest BCUT2D eigenvalue weighted by Gasteiger charge is -2.27. The number of aromatic nitrogens is 2. The van der Waals surface area contributed by atoms with Gasteiger partial charge in [0.2, 0.25) is 15.9 Å². The van der Waals surface area contributed by atoms with Crippen molar-refractivity contribution < 1.29 is 13.2 Å². The second-order valence-corrected chi connectivity index (χ2v) is 8.09. The predicted molar refractivity (Wildman–Crippen MR) is 81.6 cm³/mol. The molecule has 0 bridgehead atoms. The largest absolute Gasteiger partial charge is 0.348 e. The van der Waals surface area contributed by atoms with E-state index < -0.39 is 16.1 Å². The lowest BCUT2D eigenvalue weighted by Crippen LogP contribution is -2.46. The van der Waals surface area contributed by atoms with Crippen molar-refractivity contribution in [2.45, 2.75) is 44.2 Å². The molecule has 1 aliphatic heterocycles. The SMILES string of the molecule is Cn1ncc2c1CCC[C@H]2NC(=O)[C@@H]1CCCN1S(C)(=O)=O. The second kappa shape index (κ2) is 5.66. The Labute approximate surface area is 130 Å². The van der Waals surface area contributed by atoms with Gasteiger partial charge in [0.15, 0.2) is 0 Å². The van der Waals surface area contributed by atoms with Crippen molar-refractivity contribution in [3.05, 3.63) is 17.5 Å². The Morgan fingerprint density at radius 1 is 1.36 bits per heavy atom. The van der Waals surface area contributed by atoms with Crippen LogP contribution < -0.4 is 5.32 Å². The van der Waals surface area contributed by atoms with Crippen LogP contribution in [0, 0.1) is 0 Å². The average molecular weight is 326 g/mol. The predicted octanol–water partition coefficient (Wildman–Crippen LogP) is 0.338. The molecule has 2 heterocycles. The summed E-state index contributed by atoms with van der Waals surface area (Å²) in [4.78, 5) is 12.5. The number of hydrogen-bond acceptors (Lipinski definition) is 4. The van der Waals surface area contributed by atoms with Gasteiger partial charge in [-0.25, -0.2) is 8.42 Å². The Kier molecular flexibility index (Phi) is 3.98. The highest BCUT2D eigenvalue weighted by atomic mass is 32.2. The van der Waals surface area contributed by atoms with Gasteiger partial charge >= 0.3 is 0 Å². The molecule has 1 fully saturated rings. The molecule has 1 aliphatic carbocycles. The summed E-state index contributed by atoms with van der Waals surface area (Å²) in [6.07, 6.45) is 7.13. The molecule has 1 saturated heterocycles. The minimum absolute atomic E-state index is 0.0630. The van der Waals surface area contributed by atoms with Crippen molar-refractivity contribution in [2.24, 2.45) is 7.05 Å². The third kappa shape index (κ3) is 2.77. The summed E-state index contributed by atoms with van der Waals surface area (Å²) < 4.78 is 26.7. The van der Waals surface area contributed by atoms with Gasteiger partial charge in [0, 0.05) is 24.8 Å². The molecule has 2 aliphatic rings. The molecule has 0 spiro atoms. The van der Waals surface area contributed by atoms with E-state index in [1.165, 1.54) is 10.6 Å². The van der Waals surface area contributed by atoms with Crippen LogP contribution in [0.4, 0.5) is 0 Å². The lowest BCUT2D eigenvalue weighted by molar-refractivity contribution is -0.125. The summed E-state index contributed by atoms with van der Waals surface area (Å²) >= 11 is 0. The molecular weight excluding hydrogens is 304 g/mol. The quantitative estimate of drug-likeness (QED) is 0.868. The highest BCUT2D eigenvalue weighted by molar-refractivity contribution is 7.88. The summed E-state index contributed by atoms with van der Waals surface area (Å²) in [7, 11) is -1.43. The molecule has 1 aromatic heterocycles. The molecule has 2 atom stereocenters. The first-order valence-corrected chi connectivity index (χ1v) is 9.50. The monoisotopic (exact) mass is 326 g/mol. The van der Waals surface area contributed by atoms with Gasteiger partial charge in [-0.3, -0.25) is 9.48 Å². The van der Waals surface area contributed by atoms with Gasteiger partial charge < -0.3 is 5.32 Å². The van der Waals surface area contributed by atoms with E-state index in [2.05, 4.69) is 10.4 Å². The summed E-state index contributed by atoms with van der Waals surface area (Å²) in [6, 6.07) is -0.635. The Morgan fingerprint density at radius 2 is 2.14 bits per heavy atom. The van der Waals surface area contributed by atoms with Crippen molar-refractivity contribution in [1.82, 2.24) is 19.4 Å². The van der Waals surface area contributed by atoms with Crippen molar-refractivity contribution in [3.8, 4) is 0 Å². The summed E-state index contributed by atoms with van der Waals surface area (Å²) in [5.74, 6) is -0.190. The third-order valence-corrected chi connectivity index (χ3v) is 5.91. The van der Waals surface area contributed by atoms with Crippen LogP contribution in [0.2, 0.25) is 0 Å². The number of amides is 1. The van der Waals surface area contributed by atoms with Crippen LogP contribution in [0.5, 0.6) is 0 Å². The van der Waals surface area contributed by atoms with Gasteiger partial charge in [-0.1, -0.05) is 0 Å². The fourth-order valence-electron chi connectivity index (χ4n) is 3.52. The van der Waals surface area contributed by atoms with Crippen molar-refractivity contribution >= 4 is 15.9 Å². The Balaban J connectivity index is 1.75. The first-order valence-electron chi connectivity index (χ1n) is 7.66. The van der Waals surface area contributed by atoms with Crippen LogP contribution in [-0.2, 0) is 28.3 Å². The van der Waals surface area contributed by atoms with Gasteiger partial charge in [0.05, 0.1) is 18.5 Å². The van der Waals surface area contributed by atoms with Crippen molar-refractivity contribution in [2.75, 3.05) is 12.8 Å². The summed E-state index contributed by atoms with van der Waals surface area (Å²) in [6.45, 7) is 0.430. The lowest BCUT2D eigenvalue weighted by atomic mass is 9.92.